The van der Waals surface area contributed by atoms with Crippen molar-refractivity contribution in [1.29, 1.82) is 0 Å². The molecule has 0 aliphatic carbocycles. The molecule has 2 rings (SSSR count). The molecule has 2 aromatic rings. The van der Waals surface area contributed by atoms with E-state index in [0.29, 0.717) is 11.8 Å². The smallest absolute Gasteiger partial charge is 0.248 e. The van der Waals surface area contributed by atoms with Crippen LogP contribution in [-0.4, -0.2) is 22.3 Å². The Kier molecular flexibility index (Phi) is 5.08. The molecule has 2 aromatic carbocycles. The standard InChI is InChI=1S/C16H14N2O5/c19-15(9-10-16(20)21)17-13-5-1-11(2-6-13)12-3-7-14(8-4-12)18(22)23/h1-10,22-23H,(H,17,19)(H,20,21)/p-1. The first-order valence-electron chi connectivity index (χ1n) is 6.54. The second kappa shape index (κ2) is 7.21. The van der Waals surface area contributed by atoms with Gasteiger partial charge in [0.05, 0.1) is 11.7 Å². The summed E-state index contributed by atoms with van der Waals surface area (Å²) in [6.07, 6.45) is 1.52. The number of carbonyl (C=O) groups is 2. The van der Waals surface area contributed by atoms with Crippen LogP contribution < -0.4 is 15.6 Å². The molecule has 7 heteroatoms. The van der Waals surface area contributed by atoms with Crippen LogP contribution in [-0.2, 0) is 9.59 Å². The molecule has 0 saturated heterocycles. The van der Waals surface area contributed by atoms with E-state index >= 15 is 0 Å². The van der Waals surface area contributed by atoms with Gasteiger partial charge in [-0.1, -0.05) is 24.3 Å². The third-order valence-electron chi connectivity index (χ3n) is 2.95. The van der Waals surface area contributed by atoms with E-state index in [2.05, 4.69) is 5.32 Å². The Hall–Kier alpha value is -3.16. The average molecular weight is 313 g/mol. The number of carbonyl (C=O) groups excluding carboxylic acids is 2. The molecule has 0 radical (unpaired) electrons. The average Bonchev–Trinajstić information content (AvgIpc) is 2.54. The maximum atomic E-state index is 11.4. The van der Waals surface area contributed by atoms with Gasteiger partial charge in [-0.2, -0.15) is 0 Å². The summed E-state index contributed by atoms with van der Waals surface area (Å²) in [5, 5.41) is 30.5. The highest BCUT2D eigenvalue weighted by atomic mass is 16.8. The lowest BCUT2D eigenvalue weighted by Gasteiger charge is -2.09. The van der Waals surface area contributed by atoms with Gasteiger partial charge in [0.15, 0.2) is 0 Å². The van der Waals surface area contributed by atoms with Crippen LogP contribution in [0.3, 0.4) is 0 Å². The third-order valence-corrected chi connectivity index (χ3v) is 2.95. The fourth-order valence-corrected chi connectivity index (χ4v) is 1.86. The van der Waals surface area contributed by atoms with Crippen molar-refractivity contribution in [3.63, 3.8) is 0 Å². The van der Waals surface area contributed by atoms with Gasteiger partial charge in [-0.3, -0.25) is 15.2 Å². The van der Waals surface area contributed by atoms with Crippen LogP contribution in [0, 0.1) is 0 Å². The summed E-state index contributed by atoms with van der Waals surface area (Å²) in [6, 6.07) is 13.4. The highest BCUT2D eigenvalue weighted by Crippen LogP contribution is 2.23. The van der Waals surface area contributed by atoms with Gasteiger partial charge in [-0.05, 0) is 41.5 Å². The van der Waals surface area contributed by atoms with Crippen LogP contribution in [0.2, 0.25) is 0 Å². The lowest BCUT2D eigenvalue weighted by Crippen LogP contribution is -2.20. The minimum atomic E-state index is -1.44. The molecule has 0 aliphatic heterocycles. The van der Waals surface area contributed by atoms with Gasteiger partial charge in [0.2, 0.25) is 5.91 Å². The van der Waals surface area contributed by atoms with Crippen LogP contribution in [0.5, 0.6) is 0 Å². The number of carboxylic acid groups (broad SMARTS) is 1. The molecule has 0 aliphatic rings. The van der Waals surface area contributed by atoms with Gasteiger partial charge in [-0.15, -0.1) is 5.23 Å². The molecule has 0 heterocycles. The summed E-state index contributed by atoms with van der Waals surface area (Å²) in [4.78, 5) is 21.6. The Morgan fingerprint density at radius 3 is 1.91 bits per heavy atom. The van der Waals surface area contributed by atoms with Crippen molar-refractivity contribution in [3.05, 3.63) is 60.7 Å². The molecule has 3 N–H and O–H groups in total. The predicted octanol–water partition coefficient (Wildman–Crippen LogP) is 1.18. The zero-order valence-corrected chi connectivity index (χ0v) is 11.8. The number of carboxylic acids is 1. The number of amides is 1. The Morgan fingerprint density at radius 2 is 1.43 bits per heavy atom. The second-order valence-corrected chi connectivity index (χ2v) is 4.56. The van der Waals surface area contributed by atoms with Crippen molar-refractivity contribution in [2.75, 3.05) is 10.5 Å². The molecular weight excluding hydrogens is 300 g/mol. The molecule has 1 amide bonds. The Labute approximate surface area is 131 Å². The molecule has 0 unspecified atom stereocenters. The normalized spacial score (nSPS) is 10.5. The summed E-state index contributed by atoms with van der Waals surface area (Å²) >= 11 is 0. The molecule has 0 saturated carbocycles. The van der Waals surface area contributed by atoms with Crippen LogP contribution in [0.25, 0.3) is 11.1 Å². The van der Waals surface area contributed by atoms with Crippen molar-refractivity contribution >= 4 is 23.3 Å². The van der Waals surface area contributed by atoms with Crippen molar-refractivity contribution in [1.82, 2.24) is 0 Å². The largest absolute Gasteiger partial charge is 0.545 e. The lowest BCUT2D eigenvalue weighted by molar-refractivity contribution is -0.297. The number of hydrogen-bond donors (Lipinski definition) is 3. The molecular formula is C16H13N2O5-. The number of aliphatic carboxylic acids is 1. The van der Waals surface area contributed by atoms with Crippen LogP contribution in [0.1, 0.15) is 0 Å². The summed E-state index contributed by atoms with van der Waals surface area (Å²) in [5.41, 5.74) is 2.46. The maximum absolute atomic E-state index is 11.4. The topological polar surface area (TPSA) is 113 Å². The van der Waals surface area contributed by atoms with Gasteiger partial charge < -0.3 is 15.2 Å². The SMILES string of the molecule is O=C([O-])C=CC(=O)Nc1ccc(-c2ccc(N(O)O)cc2)cc1. The molecule has 0 spiro atoms. The van der Waals surface area contributed by atoms with E-state index in [0.717, 1.165) is 17.2 Å². The molecule has 7 nitrogen and oxygen atoms in total. The van der Waals surface area contributed by atoms with E-state index in [1.54, 1.807) is 36.4 Å². The van der Waals surface area contributed by atoms with Gasteiger partial charge in [0, 0.05) is 11.8 Å². The van der Waals surface area contributed by atoms with E-state index in [1.807, 2.05) is 0 Å². The Morgan fingerprint density at radius 1 is 0.913 bits per heavy atom. The molecule has 118 valence electrons. The van der Waals surface area contributed by atoms with E-state index in [1.165, 1.54) is 12.1 Å². The minimum Gasteiger partial charge on any atom is -0.545 e. The van der Waals surface area contributed by atoms with Crippen molar-refractivity contribution in [2.24, 2.45) is 0 Å². The first kappa shape index (κ1) is 16.2. The summed E-state index contributed by atoms with van der Waals surface area (Å²) in [5.74, 6) is -2.01. The van der Waals surface area contributed by atoms with E-state index in [9.17, 15) is 14.7 Å². The quantitative estimate of drug-likeness (QED) is 0.564. The van der Waals surface area contributed by atoms with Crippen molar-refractivity contribution in [3.8, 4) is 11.1 Å². The maximum Gasteiger partial charge on any atom is 0.248 e. The molecule has 23 heavy (non-hydrogen) atoms. The predicted molar refractivity (Wildman–Crippen MR) is 80.7 cm³/mol. The monoisotopic (exact) mass is 313 g/mol. The lowest BCUT2D eigenvalue weighted by atomic mass is 10.1. The van der Waals surface area contributed by atoms with Crippen LogP contribution >= 0.6 is 0 Å². The number of rotatable bonds is 5. The molecule has 0 aromatic heterocycles. The van der Waals surface area contributed by atoms with Gasteiger partial charge in [-0.25, -0.2) is 0 Å². The van der Waals surface area contributed by atoms with E-state index < -0.39 is 11.9 Å². The number of nitrogens with zero attached hydrogens (tertiary/aromatic N) is 1. The van der Waals surface area contributed by atoms with Gasteiger partial charge >= 0.3 is 0 Å². The first-order valence-corrected chi connectivity index (χ1v) is 6.54. The molecule has 0 fully saturated rings. The fraction of sp³-hybridized carbons (Fsp3) is 0. The van der Waals surface area contributed by atoms with E-state index in [-0.39, 0.29) is 10.9 Å². The molecule has 0 atom stereocenters. The highest BCUT2D eigenvalue weighted by molar-refractivity contribution is 6.02. The van der Waals surface area contributed by atoms with E-state index in [4.69, 9.17) is 10.4 Å². The minimum absolute atomic E-state index is 0.0303. The number of anilines is 2. The molecule has 0 bridgehead atoms. The number of hydrogen-bond acceptors (Lipinski definition) is 6. The van der Waals surface area contributed by atoms with Crippen LogP contribution in [0.15, 0.2) is 60.7 Å². The van der Waals surface area contributed by atoms with Crippen LogP contribution in [0.4, 0.5) is 11.4 Å². The first-order chi connectivity index (χ1) is 11.0. The third kappa shape index (κ3) is 4.67. The number of nitrogens with one attached hydrogen (secondary N) is 1. The highest BCUT2D eigenvalue weighted by Gasteiger charge is 2.02. The second-order valence-electron chi connectivity index (χ2n) is 4.56. The summed E-state index contributed by atoms with van der Waals surface area (Å²) in [7, 11) is 0. The summed E-state index contributed by atoms with van der Waals surface area (Å²) in [6.45, 7) is 0. The van der Waals surface area contributed by atoms with Crippen molar-refractivity contribution < 1.29 is 25.1 Å². The Bertz CT molecular complexity index is 721. The zero-order chi connectivity index (χ0) is 16.8. The zero-order valence-electron chi connectivity index (χ0n) is 11.8. The van der Waals surface area contributed by atoms with Crippen molar-refractivity contribution in [2.45, 2.75) is 0 Å². The summed E-state index contributed by atoms with van der Waals surface area (Å²) < 4.78 is 0. The Balaban J connectivity index is 2.07. The fourth-order valence-electron chi connectivity index (χ4n) is 1.86. The van der Waals surface area contributed by atoms with Gasteiger partial charge in [0.25, 0.3) is 0 Å². The number of benzene rings is 2. The van der Waals surface area contributed by atoms with Gasteiger partial charge in [0.1, 0.15) is 0 Å².